The van der Waals surface area contributed by atoms with Crippen molar-refractivity contribution in [1.82, 2.24) is 0 Å². The quantitative estimate of drug-likeness (QED) is 0.156. The topological polar surface area (TPSA) is 158 Å². The van der Waals surface area contributed by atoms with Crippen LogP contribution in [-0.4, -0.2) is 82.6 Å². The van der Waals surface area contributed by atoms with Crippen molar-refractivity contribution in [3.63, 3.8) is 0 Å². The summed E-state index contributed by atoms with van der Waals surface area (Å²) in [6.07, 6.45) is 7.76. The first-order valence-corrected chi connectivity index (χ1v) is 17.1. The number of ether oxygens (including phenoxy) is 5. The van der Waals surface area contributed by atoms with E-state index in [0.29, 0.717) is 17.6 Å². The molecular formula is C38H46O11. The van der Waals surface area contributed by atoms with Gasteiger partial charge in [0.2, 0.25) is 0 Å². The van der Waals surface area contributed by atoms with Gasteiger partial charge in [-0.1, -0.05) is 56.4 Å². The Morgan fingerprint density at radius 1 is 1.14 bits per heavy atom. The van der Waals surface area contributed by atoms with E-state index in [1.807, 2.05) is 51.2 Å². The third kappa shape index (κ3) is 6.32. The highest BCUT2D eigenvalue weighted by Crippen LogP contribution is 2.61. The summed E-state index contributed by atoms with van der Waals surface area (Å²) in [6.45, 7) is 7.40. The van der Waals surface area contributed by atoms with Gasteiger partial charge in [-0.3, -0.25) is 4.79 Å². The van der Waals surface area contributed by atoms with Gasteiger partial charge in [-0.25, -0.2) is 9.59 Å². The maximum atomic E-state index is 13.6. The van der Waals surface area contributed by atoms with Gasteiger partial charge >= 0.3 is 17.9 Å². The molecule has 11 heteroatoms. The number of aliphatic hydroxyl groups is 1. The summed E-state index contributed by atoms with van der Waals surface area (Å²) < 4.78 is 30.6. The number of hydrogen-bond donors (Lipinski definition) is 3. The summed E-state index contributed by atoms with van der Waals surface area (Å²) in [5.41, 5.74) is 1.03. The number of rotatable bonds is 8. The Labute approximate surface area is 286 Å². The second kappa shape index (κ2) is 13.8. The van der Waals surface area contributed by atoms with Gasteiger partial charge in [0.15, 0.2) is 17.6 Å². The molecule has 11 nitrogen and oxygen atoms in total. The van der Waals surface area contributed by atoms with Gasteiger partial charge in [-0.05, 0) is 56.4 Å². The SMILES string of the molecule is CO[C@H]1C[C@H]2C=C[C@H]3[C@H]4O[C@]2(/C(C)=C/[C@@H](C)[C@@H]([C@@H](C)OC(=O)CCc2ccc(O)c(O)c2)OC1=O)[C@@H]3[C@H](O)[C@@H](C)[C@H]4OC(=O)C1=CC=CC1. The molecule has 5 aliphatic rings. The zero-order valence-electron chi connectivity index (χ0n) is 28.5. The molecule has 6 rings (SSSR count). The summed E-state index contributed by atoms with van der Waals surface area (Å²) in [5, 5.41) is 31.3. The van der Waals surface area contributed by atoms with Crippen molar-refractivity contribution in [2.24, 2.45) is 29.6 Å². The number of esters is 3. The van der Waals surface area contributed by atoms with Crippen LogP contribution >= 0.6 is 0 Å². The molecule has 0 radical (unpaired) electrons. The van der Waals surface area contributed by atoms with E-state index in [0.717, 1.165) is 5.57 Å². The molecule has 0 amide bonds. The zero-order valence-corrected chi connectivity index (χ0v) is 28.5. The molecule has 12 atom stereocenters. The van der Waals surface area contributed by atoms with Crippen LogP contribution in [0.25, 0.3) is 0 Å². The minimum Gasteiger partial charge on any atom is -0.504 e. The Balaban J connectivity index is 1.26. The van der Waals surface area contributed by atoms with Crippen molar-refractivity contribution < 1.29 is 53.4 Å². The highest BCUT2D eigenvalue weighted by atomic mass is 16.6. The van der Waals surface area contributed by atoms with E-state index >= 15 is 0 Å². The Morgan fingerprint density at radius 2 is 1.92 bits per heavy atom. The van der Waals surface area contributed by atoms with Crippen LogP contribution in [0.15, 0.2) is 65.8 Å². The second-order valence-corrected chi connectivity index (χ2v) is 14.1. The number of hydrogen-bond acceptors (Lipinski definition) is 11. The fraction of sp³-hybridized carbons (Fsp3) is 0.553. The lowest BCUT2D eigenvalue weighted by atomic mass is 9.57. The number of carbonyl (C=O) groups is 3. The Bertz CT molecular complexity index is 1590. The summed E-state index contributed by atoms with van der Waals surface area (Å²) in [7, 11) is 1.44. The highest BCUT2D eigenvalue weighted by Gasteiger charge is 2.69. The minimum absolute atomic E-state index is 0.00417. The molecular weight excluding hydrogens is 632 g/mol. The lowest BCUT2D eigenvalue weighted by molar-refractivity contribution is -0.179. The van der Waals surface area contributed by atoms with Crippen molar-refractivity contribution in [2.45, 2.75) is 95.6 Å². The van der Waals surface area contributed by atoms with Crippen LogP contribution in [-0.2, 0) is 44.5 Å². The summed E-state index contributed by atoms with van der Waals surface area (Å²) >= 11 is 0. The molecule has 4 bridgehead atoms. The molecule has 49 heavy (non-hydrogen) atoms. The third-order valence-electron chi connectivity index (χ3n) is 11.1. The first-order chi connectivity index (χ1) is 23.3. The monoisotopic (exact) mass is 678 g/mol. The van der Waals surface area contributed by atoms with Gasteiger partial charge < -0.3 is 39.0 Å². The lowest BCUT2D eigenvalue weighted by Gasteiger charge is -2.49. The highest BCUT2D eigenvalue weighted by molar-refractivity contribution is 5.90. The van der Waals surface area contributed by atoms with Gasteiger partial charge in [0.05, 0.1) is 6.10 Å². The summed E-state index contributed by atoms with van der Waals surface area (Å²) in [4.78, 5) is 39.7. The average Bonchev–Trinajstić information content (AvgIpc) is 3.67. The van der Waals surface area contributed by atoms with Crippen LogP contribution in [0.2, 0.25) is 0 Å². The Hall–Kier alpha value is -3.93. The maximum absolute atomic E-state index is 13.6. The molecule has 2 aliphatic heterocycles. The molecule has 2 heterocycles. The number of phenolic OH excluding ortho intramolecular Hbond substituents is 2. The average molecular weight is 679 g/mol. The van der Waals surface area contributed by atoms with Crippen LogP contribution in [0.1, 0.15) is 52.5 Å². The number of methoxy groups -OCH3 is 1. The molecule has 1 aromatic carbocycles. The number of allylic oxidation sites excluding steroid dienone is 3. The predicted molar refractivity (Wildman–Crippen MR) is 176 cm³/mol. The van der Waals surface area contributed by atoms with Gasteiger partial charge in [0.25, 0.3) is 0 Å². The number of cyclic esters (lactones) is 1. The minimum atomic E-state index is -1.02. The lowest BCUT2D eigenvalue weighted by Crippen LogP contribution is -2.57. The number of benzene rings is 1. The van der Waals surface area contributed by atoms with E-state index < -0.39 is 72.0 Å². The smallest absolute Gasteiger partial charge is 0.335 e. The summed E-state index contributed by atoms with van der Waals surface area (Å²) in [6, 6.07) is 4.36. The number of aryl methyl sites for hydroxylation is 1. The molecule has 0 aromatic heterocycles. The van der Waals surface area contributed by atoms with Crippen molar-refractivity contribution in [2.75, 3.05) is 7.11 Å². The largest absolute Gasteiger partial charge is 0.504 e. The Kier molecular flexibility index (Phi) is 9.81. The van der Waals surface area contributed by atoms with E-state index in [4.69, 9.17) is 23.7 Å². The van der Waals surface area contributed by atoms with Crippen LogP contribution in [0.5, 0.6) is 11.5 Å². The molecule has 3 N–H and O–H groups in total. The normalized spacial score (nSPS) is 38.0. The number of aliphatic hydroxyl groups excluding tert-OH is 1. The molecule has 2 fully saturated rings. The van der Waals surface area contributed by atoms with Gasteiger partial charge in [-0.15, -0.1) is 0 Å². The molecule has 3 aliphatic carbocycles. The number of carbonyl (C=O) groups excluding carboxylic acids is 3. The third-order valence-corrected chi connectivity index (χ3v) is 11.1. The van der Waals surface area contributed by atoms with E-state index in [9.17, 15) is 29.7 Å². The molecule has 0 unspecified atom stereocenters. The van der Waals surface area contributed by atoms with Gasteiger partial charge in [0, 0.05) is 48.7 Å². The Morgan fingerprint density at radius 3 is 2.61 bits per heavy atom. The second-order valence-electron chi connectivity index (χ2n) is 14.1. The van der Waals surface area contributed by atoms with Crippen LogP contribution in [0.3, 0.4) is 0 Å². The predicted octanol–water partition coefficient (Wildman–Crippen LogP) is 4.24. The van der Waals surface area contributed by atoms with Gasteiger partial charge in [-0.2, -0.15) is 0 Å². The van der Waals surface area contributed by atoms with Crippen molar-refractivity contribution >= 4 is 17.9 Å². The molecule has 1 spiro atoms. The van der Waals surface area contributed by atoms with Crippen molar-refractivity contribution in [1.29, 1.82) is 0 Å². The first-order valence-electron chi connectivity index (χ1n) is 17.1. The summed E-state index contributed by atoms with van der Waals surface area (Å²) in [5.74, 6) is -3.84. The van der Waals surface area contributed by atoms with E-state index in [-0.39, 0.29) is 48.5 Å². The van der Waals surface area contributed by atoms with Crippen LogP contribution in [0.4, 0.5) is 0 Å². The first kappa shape index (κ1) is 34.9. The van der Waals surface area contributed by atoms with E-state index in [1.165, 1.54) is 19.2 Å². The fourth-order valence-corrected chi connectivity index (χ4v) is 8.59. The van der Waals surface area contributed by atoms with E-state index in [2.05, 4.69) is 0 Å². The molecule has 1 aromatic rings. The van der Waals surface area contributed by atoms with Crippen LogP contribution < -0.4 is 0 Å². The van der Waals surface area contributed by atoms with Gasteiger partial charge in [0.1, 0.15) is 30.0 Å². The molecule has 1 saturated heterocycles. The number of aromatic hydroxyl groups is 2. The van der Waals surface area contributed by atoms with Crippen molar-refractivity contribution in [3.05, 3.63) is 71.4 Å². The standard InChI is InChI=1S/C38H46O11/c1-19-16-20(2)38-25(12-13-26-31(38)32(42)21(3)34(35(26)49-38)48-36(43)24-8-6-7-9-24)18-29(45-5)37(44)47-33(19)22(4)46-30(41)15-11-23-10-14-27(39)28(40)17-23/h6-8,10,12-14,16-17,19,21-22,25-26,29,31-35,39-40,42H,9,11,15,18H2,1-5H3/b20-16+/t19-,21-,22-,25-,26-,29+,31+,32-,33+,34-,35-,38+/m1/s1. The van der Waals surface area contributed by atoms with Crippen LogP contribution in [0, 0.1) is 29.6 Å². The number of phenols is 2. The maximum Gasteiger partial charge on any atom is 0.335 e. The van der Waals surface area contributed by atoms with E-state index in [1.54, 1.807) is 19.1 Å². The zero-order chi connectivity index (χ0) is 35.2. The fourth-order valence-electron chi connectivity index (χ4n) is 8.59. The molecule has 264 valence electrons. The van der Waals surface area contributed by atoms with Crippen molar-refractivity contribution in [3.8, 4) is 11.5 Å². The molecule has 1 saturated carbocycles.